The minimum atomic E-state index is -0.125. The van der Waals surface area contributed by atoms with Gasteiger partial charge in [-0.15, -0.1) is 0 Å². The van der Waals surface area contributed by atoms with Gasteiger partial charge in [0.1, 0.15) is 0 Å². The highest BCUT2D eigenvalue weighted by Crippen LogP contribution is 2.54. The molecule has 0 fully saturated rings. The Morgan fingerprint density at radius 3 is 1.45 bits per heavy atom. The molecule has 308 valence electrons. The van der Waals surface area contributed by atoms with Crippen molar-refractivity contribution in [3.8, 4) is 61.3 Å². The number of hydrogen-bond donors (Lipinski definition) is 0. The van der Waals surface area contributed by atoms with E-state index in [0.717, 1.165) is 28.3 Å². The molecule has 1 aliphatic carbocycles. The zero-order valence-corrected chi connectivity index (χ0v) is 36.5. The second-order valence-corrected chi connectivity index (χ2v) is 17.6. The molecule has 0 N–H and O–H groups in total. The maximum Gasteiger partial charge on any atom is 0.0541 e. The van der Waals surface area contributed by atoms with Crippen molar-refractivity contribution in [3.63, 3.8) is 0 Å². The molecule has 2 heteroatoms. The van der Waals surface area contributed by atoms with E-state index in [1.807, 2.05) is 0 Å². The normalized spacial score (nSPS) is 12.6. The van der Waals surface area contributed by atoms with Gasteiger partial charge in [-0.25, -0.2) is 0 Å². The highest BCUT2D eigenvalue weighted by Gasteiger charge is 2.37. The molecule has 1 aromatic heterocycles. The van der Waals surface area contributed by atoms with Gasteiger partial charge in [-0.05, 0) is 98.1 Å². The van der Waals surface area contributed by atoms with Crippen molar-refractivity contribution in [2.24, 2.45) is 0 Å². The van der Waals surface area contributed by atoms with E-state index in [2.05, 4.69) is 266 Å². The molecule has 0 amide bonds. The first-order chi connectivity index (χ1) is 32.1. The Morgan fingerprint density at radius 2 is 0.785 bits per heavy atom. The van der Waals surface area contributed by atoms with E-state index in [4.69, 9.17) is 0 Å². The molecule has 0 unspecified atom stereocenters. The van der Waals surface area contributed by atoms with Crippen LogP contribution in [0.5, 0.6) is 0 Å². The van der Waals surface area contributed by atoms with Crippen LogP contribution in [0.3, 0.4) is 0 Å². The van der Waals surface area contributed by atoms with Gasteiger partial charge in [0, 0.05) is 38.7 Å². The third-order valence-corrected chi connectivity index (χ3v) is 13.6. The fourth-order valence-electron chi connectivity index (χ4n) is 10.7. The van der Waals surface area contributed by atoms with Gasteiger partial charge in [0.15, 0.2) is 0 Å². The smallest absolute Gasteiger partial charge is 0.0541 e. The molecule has 0 bridgehead atoms. The van der Waals surface area contributed by atoms with Crippen LogP contribution in [-0.2, 0) is 5.41 Å². The molecule has 2 nitrogen and oxygen atoms in total. The van der Waals surface area contributed by atoms with Gasteiger partial charge in [-0.3, -0.25) is 0 Å². The Labute approximate surface area is 381 Å². The molecule has 65 heavy (non-hydrogen) atoms. The van der Waals surface area contributed by atoms with E-state index in [1.165, 1.54) is 83.0 Å². The van der Waals surface area contributed by atoms with Crippen LogP contribution in [0.15, 0.2) is 243 Å². The number of aromatic nitrogens is 1. The zero-order valence-electron chi connectivity index (χ0n) is 36.5. The van der Waals surface area contributed by atoms with Crippen molar-refractivity contribution in [2.75, 3.05) is 4.90 Å². The predicted octanol–water partition coefficient (Wildman–Crippen LogP) is 17.2. The lowest BCUT2D eigenvalue weighted by Gasteiger charge is -2.31. The number of fused-ring (bicyclic) bond motifs is 6. The molecule has 0 spiro atoms. The van der Waals surface area contributed by atoms with Gasteiger partial charge in [0.2, 0.25) is 0 Å². The molecule has 10 aromatic carbocycles. The summed E-state index contributed by atoms with van der Waals surface area (Å²) >= 11 is 0. The maximum absolute atomic E-state index is 2.51. The molecule has 1 heterocycles. The van der Waals surface area contributed by atoms with E-state index in [-0.39, 0.29) is 5.41 Å². The van der Waals surface area contributed by atoms with Crippen LogP contribution < -0.4 is 4.90 Å². The number of rotatable bonds is 8. The Morgan fingerprint density at radius 1 is 0.338 bits per heavy atom. The summed E-state index contributed by atoms with van der Waals surface area (Å²) in [5.41, 5.74) is 21.5. The molecular formula is C63H46N2. The summed E-state index contributed by atoms with van der Waals surface area (Å²) in [6.07, 6.45) is 0. The standard InChI is InChI=1S/C63H46N2/c1-63(2)56-36-15-10-34-55(56)62-54(35-21-37-57(62)63)53-33-14-19-41-61(53)64(44-24-20-25-45(42-44)65-59-39-17-12-31-51(59)52-32-13-18-40-60(52)65)58-38-16-11-30-50(58)49-29-9-8-28-48(49)47-27-7-6-26-46(47)43-22-4-3-5-23-43/h3-42H,1-2H3. The topological polar surface area (TPSA) is 8.17 Å². The van der Waals surface area contributed by atoms with Crippen LogP contribution in [0.25, 0.3) is 83.1 Å². The van der Waals surface area contributed by atoms with Crippen molar-refractivity contribution in [3.05, 3.63) is 254 Å². The van der Waals surface area contributed by atoms with Crippen molar-refractivity contribution in [1.29, 1.82) is 0 Å². The largest absolute Gasteiger partial charge is 0.309 e. The highest BCUT2D eigenvalue weighted by molar-refractivity contribution is 6.09. The van der Waals surface area contributed by atoms with Crippen molar-refractivity contribution >= 4 is 38.9 Å². The Bertz CT molecular complexity index is 3540. The van der Waals surface area contributed by atoms with Crippen molar-refractivity contribution in [2.45, 2.75) is 19.3 Å². The fourth-order valence-corrected chi connectivity index (χ4v) is 10.7. The second-order valence-electron chi connectivity index (χ2n) is 17.6. The summed E-state index contributed by atoms with van der Waals surface area (Å²) in [4.78, 5) is 2.51. The first-order valence-electron chi connectivity index (χ1n) is 22.6. The van der Waals surface area contributed by atoms with Crippen LogP contribution in [0.2, 0.25) is 0 Å². The molecule has 12 rings (SSSR count). The number of anilines is 3. The van der Waals surface area contributed by atoms with E-state index < -0.39 is 0 Å². The summed E-state index contributed by atoms with van der Waals surface area (Å²) in [6, 6.07) is 88.9. The van der Waals surface area contributed by atoms with Crippen LogP contribution in [0, 0.1) is 0 Å². The van der Waals surface area contributed by atoms with E-state index in [9.17, 15) is 0 Å². The molecule has 0 atom stereocenters. The molecule has 0 aliphatic heterocycles. The quantitative estimate of drug-likeness (QED) is 0.148. The van der Waals surface area contributed by atoms with E-state index in [0.29, 0.717) is 0 Å². The predicted molar refractivity (Wildman–Crippen MR) is 275 cm³/mol. The number of hydrogen-bond acceptors (Lipinski definition) is 1. The summed E-state index contributed by atoms with van der Waals surface area (Å²) in [6.45, 7) is 4.73. The average Bonchev–Trinajstić information content (AvgIpc) is 3.83. The van der Waals surface area contributed by atoms with Gasteiger partial charge in [0.25, 0.3) is 0 Å². The molecule has 0 saturated carbocycles. The van der Waals surface area contributed by atoms with Crippen LogP contribution in [0.1, 0.15) is 25.0 Å². The monoisotopic (exact) mass is 830 g/mol. The van der Waals surface area contributed by atoms with E-state index >= 15 is 0 Å². The van der Waals surface area contributed by atoms with Gasteiger partial charge in [-0.1, -0.05) is 214 Å². The molecular weight excluding hydrogens is 785 g/mol. The minimum Gasteiger partial charge on any atom is -0.309 e. The Kier molecular flexibility index (Phi) is 9.21. The maximum atomic E-state index is 2.51. The van der Waals surface area contributed by atoms with Gasteiger partial charge < -0.3 is 9.47 Å². The number of nitrogens with zero attached hydrogens (tertiary/aromatic N) is 2. The SMILES string of the molecule is CC1(C)c2ccccc2-c2c(-c3ccccc3N(c3cccc(-n4c5ccccc5c5ccccc54)c3)c3ccccc3-c3ccccc3-c3ccccc3-c3ccccc3)cccc21. The third-order valence-electron chi connectivity index (χ3n) is 13.6. The van der Waals surface area contributed by atoms with Crippen LogP contribution in [0.4, 0.5) is 17.1 Å². The van der Waals surface area contributed by atoms with Gasteiger partial charge >= 0.3 is 0 Å². The van der Waals surface area contributed by atoms with Crippen molar-refractivity contribution < 1.29 is 0 Å². The average molecular weight is 831 g/mol. The van der Waals surface area contributed by atoms with Crippen LogP contribution in [-0.4, -0.2) is 4.57 Å². The first-order valence-corrected chi connectivity index (χ1v) is 22.6. The first kappa shape index (κ1) is 38.5. The van der Waals surface area contributed by atoms with Gasteiger partial charge in [0.05, 0.1) is 22.4 Å². The fraction of sp³-hybridized carbons (Fsp3) is 0.0476. The minimum absolute atomic E-state index is 0.125. The lowest BCUT2D eigenvalue weighted by molar-refractivity contribution is 0.660. The van der Waals surface area contributed by atoms with Crippen molar-refractivity contribution in [1.82, 2.24) is 4.57 Å². The molecule has 11 aromatic rings. The lowest BCUT2D eigenvalue weighted by atomic mass is 9.82. The third kappa shape index (κ3) is 6.25. The number of benzene rings is 10. The molecule has 1 aliphatic rings. The summed E-state index contributed by atoms with van der Waals surface area (Å²) < 4.78 is 2.42. The molecule has 0 radical (unpaired) electrons. The Hall–Kier alpha value is -8.20. The summed E-state index contributed by atoms with van der Waals surface area (Å²) in [5, 5.41) is 2.49. The second kappa shape index (κ2) is 15.6. The van der Waals surface area contributed by atoms with Gasteiger partial charge in [-0.2, -0.15) is 0 Å². The van der Waals surface area contributed by atoms with Crippen LogP contribution >= 0.6 is 0 Å². The summed E-state index contributed by atoms with van der Waals surface area (Å²) in [7, 11) is 0. The number of para-hydroxylation sites is 4. The summed E-state index contributed by atoms with van der Waals surface area (Å²) in [5.74, 6) is 0. The Balaban J connectivity index is 1.12. The molecule has 0 saturated heterocycles. The zero-order chi connectivity index (χ0) is 43.5. The lowest BCUT2D eigenvalue weighted by Crippen LogP contribution is -2.15. The van der Waals surface area contributed by atoms with E-state index in [1.54, 1.807) is 0 Å². The highest BCUT2D eigenvalue weighted by atomic mass is 15.2.